The van der Waals surface area contributed by atoms with Crippen LogP contribution in [0.4, 0.5) is 0 Å². The number of nitrogens with two attached hydrogens (primary N) is 1. The van der Waals surface area contributed by atoms with Gasteiger partial charge in [0.05, 0.1) is 35.7 Å². The van der Waals surface area contributed by atoms with E-state index >= 15 is 0 Å². The van der Waals surface area contributed by atoms with Crippen molar-refractivity contribution in [1.29, 1.82) is 0 Å². The molecule has 0 aliphatic heterocycles. The molecular weight excluding hydrogens is 404 g/mol. The van der Waals surface area contributed by atoms with E-state index in [1.165, 1.54) is 5.56 Å². The molecule has 1 fully saturated rings. The third-order valence-corrected chi connectivity index (χ3v) is 6.34. The van der Waals surface area contributed by atoms with Crippen LogP contribution in [0.5, 0.6) is 0 Å². The number of ether oxygens (including phenoxy) is 1. The van der Waals surface area contributed by atoms with Crippen LogP contribution in [-0.2, 0) is 4.74 Å². The van der Waals surface area contributed by atoms with Gasteiger partial charge in [-0.3, -0.25) is 4.79 Å². The van der Waals surface area contributed by atoms with Gasteiger partial charge in [0, 0.05) is 35.7 Å². The summed E-state index contributed by atoms with van der Waals surface area (Å²) in [7, 11) is 0. The summed E-state index contributed by atoms with van der Waals surface area (Å²) in [5, 5.41) is 11.0. The third kappa shape index (κ3) is 4.59. The number of aromatic nitrogens is 3. The van der Waals surface area contributed by atoms with Crippen LogP contribution < -0.4 is 5.73 Å². The van der Waals surface area contributed by atoms with Crippen LogP contribution in [0.2, 0.25) is 0 Å². The summed E-state index contributed by atoms with van der Waals surface area (Å²) < 4.78 is 10.1. The summed E-state index contributed by atoms with van der Waals surface area (Å²) in [4.78, 5) is 16.7. The molecule has 32 heavy (non-hydrogen) atoms. The first-order valence-corrected chi connectivity index (χ1v) is 11.4. The van der Waals surface area contributed by atoms with E-state index in [4.69, 9.17) is 10.5 Å². The monoisotopic (exact) mass is 438 g/mol. The molecular formula is C25H34N4O3. The highest BCUT2D eigenvalue weighted by molar-refractivity contribution is 6.07. The van der Waals surface area contributed by atoms with Gasteiger partial charge in [-0.1, -0.05) is 13.8 Å². The van der Waals surface area contributed by atoms with Crippen molar-refractivity contribution >= 4 is 16.8 Å². The molecule has 1 aliphatic carbocycles. The number of carbonyl (C=O) groups excluding carboxylic acids is 1. The highest BCUT2D eigenvalue weighted by Gasteiger charge is 2.28. The Labute approximate surface area is 189 Å². The van der Waals surface area contributed by atoms with Gasteiger partial charge in [0.2, 0.25) is 0 Å². The number of nitrogens with zero attached hydrogens (tertiary/aromatic N) is 3. The lowest BCUT2D eigenvalue weighted by Gasteiger charge is -2.32. The molecule has 4 rings (SSSR count). The molecule has 1 amide bonds. The normalized spacial score (nSPS) is 19.7. The number of hydrogen-bond donors (Lipinski definition) is 2. The van der Waals surface area contributed by atoms with Crippen LogP contribution in [0.15, 0.2) is 37.1 Å². The van der Waals surface area contributed by atoms with E-state index in [0.717, 1.165) is 42.3 Å². The summed E-state index contributed by atoms with van der Waals surface area (Å²) in [6, 6.07) is 4.28. The largest absolute Gasteiger partial charge is 0.388 e. The molecule has 0 atom stereocenters. The van der Waals surface area contributed by atoms with Gasteiger partial charge >= 0.3 is 0 Å². The zero-order valence-corrected chi connectivity index (χ0v) is 19.4. The van der Waals surface area contributed by atoms with E-state index in [2.05, 4.69) is 35.7 Å². The van der Waals surface area contributed by atoms with Gasteiger partial charge in [-0.05, 0) is 63.1 Å². The Balaban J connectivity index is 1.70. The molecule has 2 heterocycles. The van der Waals surface area contributed by atoms with Gasteiger partial charge in [-0.25, -0.2) is 4.98 Å². The van der Waals surface area contributed by atoms with Gasteiger partial charge in [-0.2, -0.15) is 0 Å². The van der Waals surface area contributed by atoms with E-state index in [-0.39, 0.29) is 12.1 Å². The number of fused-ring (bicyclic) bond motifs is 1. The zero-order chi connectivity index (χ0) is 23.0. The Morgan fingerprint density at radius 3 is 2.56 bits per heavy atom. The standard InChI is InChI=1S/C25H34N4O3/c1-16(2)22-13-29(17-5-7-19(8-6-17)32-14-25(3,4)31)23-20(22)11-18(12-21(23)24(26)30)28-10-9-27-15-28/h9-13,15-17,19,31H,5-8,14H2,1-4H3,(H2,26,30). The maximum absolute atomic E-state index is 12.5. The average Bonchev–Trinajstić information content (AvgIpc) is 3.39. The molecule has 1 aromatic carbocycles. The second-order valence-electron chi connectivity index (χ2n) is 9.92. The lowest BCUT2D eigenvalue weighted by atomic mass is 9.92. The van der Waals surface area contributed by atoms with Crippen molar-refractivity contribution in [1.82, 2.24) is 14.1 Å². The van der Waals surface area contributed by atoms with Crippen LogP contribution in [0, 0.1) is 0 Å². The minimum absolute atomic E-state index is 0.160. The van der Waals surface area contributed by atoms with E-state index in [1.54, 1.807) is 26.4 Å². The molecule has 1 aliphatic rings. The number of carbonyl (C=O) groups is 1. The summed E-state index contributed by atoms with van der Waals surface area (Å²) in [5.41, 5.74) is 8.61. The van der Waals surface area contributed by atoms with Crippen molar-refractivity contribution in [2.24, 2.45) is 5.73 Å². The minimum atomic E-state index is -0.816. The molecule has 0 unspecified atom stereocenters. The number of benzene rings is 1. The maximum atomic E-state index is 12.5. The molecule has 1 saturated carbocycles. The van der Waals surface area contributed by atoms with Crippen molar-refractivity contribution in [3.05, 3.63) is 48.2 Å². The summed E-state index contributed by atoms with van der Waals surface area (Å²) >= 11 is 0. The van der Waals surface area contributed by atoms with Gasteiger partial charge in [0.25, 0.3) is 5.91 Å². The van der Waals surface area contributed by atoms with Crippen molar-refractivity contribution < 1.29 is 14.6 Å². The molecule has 7 nitrogen and oxygen atoms in total. The number of rotatable bonds is 7. The van der Waals surface area contributed by atoms with E-state index in [1.807, 2.05) is 16.8 Å². The van der Waals surface area contributed by atoms with Crippen LogP contribution in [0.25, 0.3) is 16.6 Å². The van der Waals surface area contributed by atoms with Crippen molar-refractivity contribution in [2.75, 3.05) is 6.61 Å². The van der Waals surface area contributed by atoms with Crippen LogP contribution in [-0.4, -0.2) is 43.4 Å². The fraction of sp³-hybridized carbons (Fsp3) is 0.520. The Morgan fingerprint density at radius 1 is 1.28 bits per heavy atom. The first-order valence-electron chi connectivity index (χ1n) is 11.4. The van der Waals surface area contributed by atoms with Gasteiger partial charge in [0.1, 0.15) is 0 Å². The highest BCUT2D eigenvalue weighted by Crippen LogP contribution is 2.38. The predicted molar refractivity (Wildman–Crippen MR) is 125 cm³/mol. The van der Waals surface area contributed by atoms with Crippen molar-refractivity contribution in [3.8, 4) is 5.69 Å². The average molecular weight is 439 g/mol. The van der Waals surface area contributed by atoms with Gasteiger partial charge in [0.15, 0.2) is 0 Å². The fourth-order valence-corrected chi connectivity index (χ4v) is 4.71. The number of hydrogen-bond acceptors (Lipinski definition) is 4. The Bertz CT molecular complexity index is 1080. The number of primary amides is 1. The molecule has 0 saturated heterocycles. The third-order valence-electron chi connectivity index (χ3n) is 6.34. The summed E-state index contributed by atoms with van der Waals surface area (Å²) in [5.74, 6) is -0.113. The Hall–Kier alpha value is -2.64. The second-order valence-corrected chi connectivity index (χ2v) is 9.92. The van der Waals surface area contributed by atoms with Crippen LogP contribution in [0.1, 0.15) is 81.3 Å². The Kier molecular flexibility index (Phi) is 6.14. The summed E-state index contributed by atoms with van der Waals surface area (Å²) in [6.45, 7) is 8.22. The van der Waals surface area contributed by atoms with Gasteiger partial charge in [-0.15, -0.1) is 0 Å². The quantitative estimate of drug-likeness (QED) is 0.574. The molecule has 0 bridgehead atoms. The molecule has 0 radical (unpaired) electrons. The molecule has 0 spiro atoms. The minimum Gasteiger partial charge on any atom is -0.388 e. The Morgan fingerprint density at radius 2 is 2.00 bits per heavy atom. The first kappa shape index (κ1) is 22.6. The lowest BCUT2D eigenvalue weighted by Crippen LogP contribution is -2.31. The maximum Gasteiger partial charge on any atom is 0.250 e. The SMILES string of the molecule is CC(C)c1cn(C2CCC(OCC(C)(C)O)CC2)c2c(C(N)=O)cc(-n3ccnc3)cc12. The second kappa shape index (κ2) is 8.71. The number of amides is 1. The zero-order valence-electron chi connectivity index (χ0n) is 19.4. The molecule has 3 aromatic rings. The first-order chi connectivity index (χ1) is 15.1. The van der Waals surface area contributed by atoms with Gasteiger partial charge < -0.3 is 24.7 Å². The predicted octanol–water partition coefficient (Wildman–Crippen LogP) is 4.32. The summed E-state index contributed by atoms with van der Waals surface area (Å²) in [6.07, 6.45) is 11.5. The topological polar surface area (TPSA) is 95.3 Å². The van der Waals surface area contributed by atoms with Crippen LogP contribution >= 0.6 is 0 Å². The lowest BCUT2D eigenvalue weighted by molar-refractivity contribution is -0.0653. The molecule has 172 valence electrons. The van der Waals surface area contributed by atoms with Crippen LogP contribution in [0.3, 0.4) is 0 Å². The molecule has 7 heteroatoms. The van der Waals surface area contributed by atoms with E-state index in [9.17, 15) is 9.90 Å². The molecule has 2 aromatic heterocycles. The van der Waals surface area contributed by atoms with Crippen molar-refractivity contribution in [3.63, 3.8) is 0 Å². The number of imidazole rings is 1. The molecule has 3 N–H and O–H groups in total. The smallest absolute Gasteiger partial charge is 0.250 e. The van der Waals surface area contributed by atoms with E-state index in [0.29, 0.717) is 18.1 Å². The van der Waals surface area contributed by atoms with E-state index < -0.39 is 11.5 Å². The van der Waals surface area contributed by atoms with Crippen molar-refractivity contribution in [2.45, 2.75) is 77.0 Å². The highest BCUT2D eigenvalue weighted by atomic mass is 16.5. The fourth-order valence-electron chi connectivity index (χ4n) is 4.71. The number of aliphatic hydroxyl groups is 1.